The van der Waals surface area contributed by atoms with Crippen LogP contribution >= 0.6 is 0 Å². The Labute approximate surface area is 246 Å². The molecular weight excluding hydrogens is 663 g/mol. The van der Waals surface area contributed by atoms with Crippen molar-refractivity contribution in [1.29, 1.82) is 0 Å². The van der Waals surface area contributed by atoms with Gasteiger partial charge in [0.15, 0.2) is 5.78 Å². The van der Waals surface area contributed by atoms with E-state index in [1.165, 1.54) is 27.8 Å². The van der Waals surface area contributed by atoms with Crippen LogP contribution in [-0.2, 0) is 24.9 Å². The summed E-state index contributed by atoms with van der Waals surface area (Å²) in [5.74, 6) is 1.94. The quantitative estimate of drug-likeness (QED) is 0.0997. The van der Waals surface area contributed by atoms with E-state index < -0.39 is 5.41 Å². The minimum Gasteiger partial charge on any atom is -0.512 e. The molecule has 209 valence electrons. The maximum absolute atomic E-state index is 11.5. The van der Waals surface area contributed by atoms with Crippen LogP contribution in [-0.4, -0.2) is 15.9 Å². The van der Waals surface area contributed by atoms with Gasteiger partial charge in [-0.3, -0.25) is 4.79 Å². The number of rotatable bonds is 4. The van der Waals surface area contributed by atoms with Crippen LogP contribution in [0.2, 0.25) is 0 Å². The van der Waals surface area contributed by atoms with E-state index in [1.807, 2.05) is 72.0 Å². The number of ether oxygens (including phenoxy) is 1. The molecule has 39 heavy (non-hydrogen) atoms. The third-order valence-corrected chi connectivity index (χ3v) is 6.41. The van der Waals surface area contributed by atoms with Gasteiger partial charge in [0.25, 0.3) is 0 Å². The number of aliphatic hydroxyl groups is 1. The summed E-state index contributed by atoms with van der Waals surface area (Å²) in [6.45, 7) is 17.6. The number of hydrogen-bond donors (Lipinski definition) is 1. The van der Waals surface area contributed by atoms with Gasteiger partial charge in [-0.15, -0.1) is 12.1 Å². The zero-order valence-electron chi connectivity index (χ0n) is 24.5. The van der Waals surface area contributed by atoms with E-state index in [-0.39, 0.29) is 37.1 Å². The van der Waals surface area contributed by atoms with Gasteiger partial charge < -0.3 is 9.84 Å². The van der Waals surface area contributed by atoms with Crippen LogP contribution in [0, 0.1) is 23.8 Å². The standard InChI is InChI=1S/C23H20NO.C11H20O2.Ir/c1-15(2)17-9-10-18-12-20-14-24-23(25-21-7-5-4-6-8-21)16(3)22(20)13-19(18)11-17;1-10(2,3)8(12)7-9(13)11(4,5)6;/h4-7,9-15H,1-3H3;7,12H,1-6H3;/q-1;;/b;8-7-;. The Bertz CT molecular complexity index is 1460. The fraction of sp³-hybridized carbons (Fsp3) is 0.353. The number of pyridine rings is 1. The van der Waals surface area contributed by atoms with Crippen molar-refractivity contribution >= 4 is 27.3 Å². The molecule has 4 nitrogen and oxygen atoms in total. The molecule has 1 radical (unpaired) electrons. The molecular formula is C34H40IrNO3-. The van der Waals surface area contributed by atoms with Crippen molar-refractivity contribution in [3.05, 3.63) is 89.8 Å². The summed E-state index contributed by atoms with van der Waals surface area (Å²) in [6, 6.07) is 21.8. The molecule has 0 bridgehead atoms. The van der Waals surface area contributed by atoms with E-state index in [9.17, 15) is 9.90 Å². The number of ketones is 1. The summed E-state index contributed by atoms with van der Waals surface area (Å²) in [7, 11) is 0. The van der Waals surface area contributed by atoms with Gasteiger partial charge in [-0.1, -0.05) is 73.6 Å². The summed E-state index contributed by atoms with van der Waals surface area (Å²) in [6.07, 6.45) is 3.22. The first-order valence-corrected chi connectivity index (χ1v) is 13.1. The maximum Gasteiger partial charge on any atom is 0.220 e. The van der Waals surface area contributed by atoms with Crippen LogP contribution in [0.5, 0.6) is 11.6 Å². The fourth-order valence-corrected chi connectivity index (χ4v) is 3.67. The third-order valence-electron chi connectivity index (χ3n) is 6.41. The molecule has 1 aromatic heterocycles. The van der Waals surface area contributed by atoms with Crippen LogP contribution in [0.4, 0.5) is 0 Å². The Morgan fingerprint density at radius 2 is 1.64 bits per heavy atom. The molecule has 0 unspecified atom stereocenters. The normalized spacial score (nSPS) is 12.1. The van der Waals surface area contributed by atoms with E-state index in [0.29, 0.717) is 17.5 Å². The van der Waals surface area contributed by atoms with E-state index in [1.54, 1.807) is 0 Å². The molecule has 0 amide bonds. The summed E-state index contributed by atoms with van der Waals surface area (Å²) in [5.41, 5.74) is 1.64. The second kappa shape index (κ2) is 12.9. The van der Waals surface area contributed by atoms with E-state index in [4.69, 9.17) is 4.74 Å². The van der Waals surface area contributed by atoms with Crippen LogP contribution in [0.1, 0.15) is 72.4 Å². The number of carbonyl (C=O) groups is 1. The minimum absolute atomic E-state index is 0. The molecule has 1 N–H and O–H groups in total. The molecule has 0 aliphatic carbocycles. The summed E-state index contributed by atoms with van der Waals surface area (Å²) < 4.78 is 5.92. The second-order valence-corrected chi connectivity index (χ2v) is 12.1. The first-order chi connectivity index (χ1) is 17.7. The minimum atomic E-state index is -0.417. The Hall–Kier alpha value is -3.01. The van der Waals surface area contributed by atoms with E-state index in [2.05, 4.69) is 62.2 Å². The van der Waals surface area contributed by atoms with E-state index >= 15 is 0 Å². The van der Waals surface area contributed by atoms with Crippen molar-refractivity contribution < 1.29 is 34.7 Å². The van der Waals surface area contributed by atoms with Crippen LogP contribution in [0.25, 0.3) is 21.5 Å². The average molecular weight is 703 g/mol. The number of allylic oxidation sites excluding steroid dienone is 2. The molecule has 1 heterocycles. The number of aliphatic hydroxyl groups excluding tert-OH is 1. The number of benzene rings is 3. The number of hydrogen-bond acceptors (Lipinski definition) is 4. The fourth-order valence-electron chi connectivity index (χ4n) is 3.67. The number of aryl methyl sites for hydroxylation is 1. The zero-order valence-corrected chi connectivity index (χ0v) is 26.9. The van der Waals surface area contributed by atoms with Crippen LogP contribution < -0.4 is 4.74 Å². The Morgan fingerprint density at radius 1 is 0.949 bits per heavy atom. The smallest absolute Gasteiger partial charge is 0.220 e. The molecule has 0 atom stereocenters. The van der Waals surface area contributed by atoms with E-state index in [0.717, 1.165) is 10.9 Å². The predicted molar refractivity (Wildman–Crippen MR) is 158 cm³/mol. The van der Waals surface area contributed by atoms with Gasteiger partial charge in [0.05, 0.1) is 0 Å². The molecule has 4 aromatic rings. The molecule has 0 spiro atoms. The molecule has 0 saturated heterocycles. The van der Waals surface area contributed by atoms with Crippen LogP contribution in [0.3, 0.4) is 0 Å². The summed E-state index contributed by atoms with van der Waals surface area (Å²) in [4.78, 5) is 16.0. The topological polar surface area (TPSA) is 59.4 Å². The van der Waals surface area contributed by atoms with Crippen molar-refractivity contribution in [2.45, 2.75) is 68.2 Å². The molecule has 0 saturated carbocycles. The number of carbonyl (C=O) groups excluding carboxylic acids is 1. The zero-order chi connectivity index (χ0) is 28.3. The van der Waals surface area contributed by atoms with Crippen molar-refractivity contribution in [3.63, 3.8) is 0 Å². The molecule has 5 heteroatoms. The third kappa shape index (κ3) is 8.49. The van der Waals surface area contributed by atoms with Crippen molar-refractivity contribution in [1.82, 2.24) is 4.98 Å². The second-order valence-electron chi connectivity index (χ2n) is 12.1. The number of fused-ring (bicyclic) bond motifs is 2. The number of nitrogens with zero attached hydrogens (tertiary/aromatic N) is 1. The monoisotopic (exact) mass is 703 g/mol. The summed E-state index contributed by atoms with van der Waals surface area (Å²) in [5, 5.41) is 14.4. The van der Waals surface area contributed by atoms with Gasteiger partial charge in [0, 0.05) is 59.9 Å². The van der Waals surface area contributed by atoms with Crippen molar-refractivity contribution in [3.8, 4) is 11.6 Å². The summed E-state index contributed by atoms with van der Waals surface area (Å²) >= 11 is 0. The Kier molecular flexibility index (Phi) is 10.6. The van der Waals surface area contributed by atoms with Crippen molar-refractivity contribution in [2.75, 3.05) is 0 Å². The average Bonchev–Trinajstić information content (AvgIpc) is 2.84. The first-order valence-electron chi connectivity index (χ1n) is 13.1. The number of para-hydroxylation sites is 1. The Morgan fingerprint density at radius 3 is 2.21 bits per heavy atom. The van der Waals surface area contributed by atoms with Crippen molar-refractivity contribution in [2.24, 2.45) is 10.8 Å². The van der Waals surface area contributed by atoms with Crippen LogP contribution in [0.15, 0.2) is 72.6 Å². The molecule has 4 rings (SSSR count). The van der Waals surface area contributed by atoms with Gasteiger partial charge in [-0.25, -0.2) is 4.98 Å². The molecule has 0 aliphatic rings. The maximum atomic E-state index is 11.5. The first kappa shape index (κ1) is 32.2. The molecule has 3 aromatic carbocycles. The van der Waals surface area contributed by atoms with Gasteiger partial charge in [-0.05, 0) is 46.7 Å². The SMILES string of the molecule is CC(C)(C)C(=O)/C=C(\O)C(C)(C)C.Cc1c(Oc2[c-]cccc2)ncc2cc3ccc(C(C)C)cc3cc12.[Ir]. The molecule has 0 aliphatic heterocycles. The largest absolute Gasteiger partial charge is 0.512 e. The molecule has 0 fully saturated rings. The van der Waals surface area contributed by atoms with Gasteiger partial charge in [-0.2, -0.15) is 18.2 Å². The van der Waals surface area contributed by atoms with Gasteiger partial charge in [0.1, 0.15) is 5.76 Å². The predicted octanol–water partition coefficient (Wildman–Crippen LogP) is 9.50. The van der Waals surface area contributed by atoms with Gasteiger partial charge >= 0.3 is 0 Å². The van der Waals surface area contributed by atoms with Gasteiger partial charge in [0.2, 0.25) is 5.88 Å². The Balaban J connectivity index is 0.000000328. The number of aromatic nitrogens is 1.